The van der Waals surface area contributed by atoms with Gasteiger partial charge in [0.1, 0.15) is 23.2 Å². The van der Waals surface area contributed by atoms with E-state index in [1.165, 1.54) is 0 Å². The van der Waals surface area contributed by atoms with Gasteiger partial charge in [-0.1, -0.05) is 0 Å². The third-order valence-electron chi connectivity index (χ3n) is 8.77. The molecule has 1 saturated heterocycles. The average Bonchev–Trinajstić information content (AvgIpc) is 3.87. The van der Waals surface area contributed by atoms with Crippen LogP contribution in [-0.2, 0) is 16.1 Å². The summed E-state index contributed by atoms with van der Waals surface area (Å²) in [6.45, 7) is 10.6. The molecule has 0 radical (unpaired) electrons. The van der Waals surface area contributed by atoms with Crippen molar-refractivity contribution in [3.63, 3.8) is 0 Å². The van der Waals surface area contributed by atoms with Crippen LogP contribution in [0.15, 0.2) is 24.4 Å². The monoisotopic (exact) mass is 620 g/mol. The first-order chi connectivity index (χ1) is 21.4. The van der Waals surface area contributed by atoms with Crippen LogP contribution in [0, 0.1) is 43.5 Å². The van der Waals surface area contributed by atoms with Crippen LogP contribution in [0.1, 0.15) is 68.3 Å². The smallest absolute Gasteiger partial charge is 0.410 e. The van der Waals surface area contributed by atoms with Crippen LogP contribution < -0.4 is 10.6 Å². The van der Waals surface area contributed by atoms with Gasteiger partial charge in [-0.2, -0.15) is 14.6 Å². The van der Waals surface area contributed by atoms with Crippen LogP contribution in [0.25, 0.3) is 11.1 Å². The largest absolute Gasteiger partial charge is 0.444 e. The highest BCUT2D eigenvalue weighted by Gasteiger charge is 2.48. The van der Waals surface area contributed by atoms with Crippen molar-refractivity contribution in [2.75, 3.05) is 18.4 Å². The number of anilines is 1. The molecule has 3 aromatic heterocycles. The highest BCUT2D eigenvalue weighted by atomic mass is 19.1. The van der Waals surface area contributed by atoms with E-state index in [9.17, 15) is 14.4 Å². The molecule has 12 nitrogen and oxygen atoms in total. The minimum absolute atomic E-state index is 0.0142. The Labute approximate surface area is 261 Å². The van der Waals surface area contributed by atoms with Gasteiger partial charge in [-0.05, 0) is 96.3 Å². The van der Waals surface area contributed by atoms with E-state index < -0.39 is 29.4 Å². The van der Waals surface area contributed by atoms with E-state index in [-0.39, 0.29) is 23.7 Å². The molecule has 0 unspecified atom stereocenters. The van der Waals surface area contributed by atoms with E-state index in [4.69, 9.17) is 4.74 Å². The van der Waals surface area contributed by atoms with Crippen LogP contribution in [-0.4, -0.2) is 72.5 Å². The van der Waals surface area contributed by atoms with Crippen LogP contribution in [0.3, 0.4) is 0 Å². The Morgan fingerprint density at radius 1 is 1.09 bits per heavy atom. The third kappa shape index (κ3) is 6.86. The number of hydrogen-bond donors (Lipinski definition) is 3. The summed E-state index contributed by atoms with van der Waals surface area (Å²) in [5.41, 5.74) is 2.09. The normalized spacial score (nSPS) is 17.6. The minimum Gasteiger partial charge on any atom is -0.444 e. The molecule has 0 spiro atoms. The molecule has 240 valence electrons. The number of nitrogens with one attached hydrogen (secondary N) is 3. The van der Waals surface area contributed by atoms with Crippen molar-refractivity contribution >= 4 is 23.7 Å². The standard InChI is InChI=1S/C32H41FN8O4/c1-17-25(18(2)39-38-17)22-10-11-24(35-28(22)33)36-30(43)27(26(20-6-7-20)21-8-9-21)37-29(42)23-12-13-34-41(23)16-19-14-40(15-19)31(44)45-32(3,4)5/h10-13,19-21,26-27H,6-9,14-16H2,1-5H3,(H,37,42)(H,38,39)(H,35,36,43)/t27-/m0/s1. The van der Waals surface area contributed by atoms with Crippen LogP contribution in [0.5, 0.6) is 0 Å². The molecule has 2 aliphatic carbocycles. The van der Waals surface area contributed by atoms with Crippen molar-refractivity contribution in [3.05, 3.63) is 47.4 Å². The molecule has 3 aliphatic rings. The third-order valence-corrected chi connectivity index (χ3v) is 8.77. The number of pyridine rings is 1. The molecule has 4 heterocycles. The summed E-state index contributed by atoms with van der Waals surface area (Å²) in [4.78, 5) is 45.5. The fourth-order valence-corrected chi connectivity index (χ4v) is 6.36. The predicted molar refractivity (Wildman–Crippen MR) is 164 cm³/mol. The first kappa shape index (κ1) is 30.7. The number of likely N-dealkylation sites (tertiary alicyclic amines) is 1. The molecule has 1 aliphatic heterocycles. The summed E-state index contributed by atoms with van der Waals surface area (Å²) in [6, 6.07) is 3.97. The second-order valence-electron chi connectivity index (χ2n) is 13.7. The quantitative estimate of drug-likeness (QED) is 0.284. The topological polar surface area (TPSA) is 147 Å². The molecule has 3 amide bonds. The molecule has 1 atom stereocenters. The molecule has 2 saturated carbocycles. The predicted octanol–water partition coefficient (Wildman–Crippen LogP) is 4.46. The number of aromatic nitrogens is 5. The van der Waals surface area contributed by atoms with Crippen molar-refractivity contribution < 1.29 is 23.5 Å². The molecule has 3 fully saturated rings. The number of rotatable bonds is 10. The number of halogens is 1. The molecular formula is C32H41FN8O4. The number of amides is 3. The summed E-state index contributed by atoms with van der Waals surface area (Å²) in [5.74, 6) is -0.644. The lowest BCUT2D eigenvalue weighted by Crippen LogP contribution is -2.53. The van der Waals surface area contributed by atoms with Crippen molar-refractivity contribution in [3.8, 4) is 11.1 Å². The Balaban J connectivity index is 1.14. The zero-order chi connectivity index (χ0) is 32.0. The summed E-state index contributed by atoms with van der Waals surface area (Å²) >= 11 is 0. The number of carbonyl (C=O) groups excluding carboxylic acids is 3. The molecular weight excluding hydrogens is 579 g/mol. The molecule has 3 aromatic rings. The lowest BCUT2D eigenvalue weighted by atomic mass is 9.88. The Kier molecular flexibility index (Phi) is 8.13. The number of H-pyrrole nitrogens is 1. The summed E-state index contributed by atoms with van der Waals surface area (Å²) < 4.78 is 22.2. The van der Waals surface area contributed by atoms with Crippen LogP contribution in [0.4, 0.5) is 15.0 Å². The van der Waals surface area contributed by atoms with E-state index in [1.807, 2.05) is 27.7 Å². The maximum Gasteiger partial charge on any atom is 0.410 e. The molecule has 0 bridgehead atoms. The van der Waals surface area contributed by atoms with E-state index in [1.54, 1.807) is 40.9 Å². The lowest BCUT2D eigenvalue weighted by Gasteiger charge is -2.39. The Hall–Kier alpha value is -4.29. The van der Waals surface area contributed by atoms with Crippen molar-refractivity contribution in [1.82, 2.24) is 35.2 Å². The van der Waals surface area contributed by atoms with Gasteiger partial charge >= 0.3 is 6.09 Å². The first-order valence-electron chi connectivity index (χ1n) is 15.7. The van der Waals surface area contributed by atoms with Crippen LogP contribution in [0.2, 0.25) is 0 Å². The average molecular weight is 621 g/mol. The molecule has 13 heteroatoms. The highest BCUT2D eigenvalue weighted by Crippen LogP contribution is 2.51. The Bertz CT molecular complexity index is 1560. The van der Waals surface area contributed by atoms with E-state index in [0.29, 0.717) is 54.0 Å². The minimum atomic E-state index is -0.810. The van der Waals surface area contributed by atoms with Gasteiger partial charge < -0.3 is 20.3 Å². The van der Waals surface area contributed by atoms with E-state index in [0.717, 1.165) is 31.4 Å². The maximum absolute atomic E-state index is 15.2. The van der Waals surface area contributed by atoms with Gasteiger partial charge in [-0.15, -0.1) is 0 Å². The maximum atomic E-state index is 15.2. The van der Waals surface area contributed by atoms with Crippen molar-refractivity contribution in [2.24, 2.45) is 23.7 Å². The second kappa shape index (κ2) is 11.9. The highest BCUT2D eigenvalue weighted by molar-refractivity contribution is 6.00. The molecule has 6 rings (SSSR count). The van der Waals surface area contributed by atoms with Gasteiger partial charge in [0.2, 0.25) is 11.9 Å². The van der Waals surface area contributed by atoms with Gasteiger partial charge in [-0.25, -0.2) is 9.78 Å². The fraction of sp³-hybridized carbons (Fsp3) is 0.562. The number of hydrogen-bond acceptors (Lipinski definition) is 7. The van der Waals surface area contributed by atoms with Gasteiger partial charge in [0, 0.05) is 48.6 Å². The van der Waals surface area contributed by atoms with Crippen LogP contribution >= 0.6 is 0 Å². The number of aromatic amines is 1. The van der Waals surface area contributed by atoms with E-state index >= 15 is 4.39 Å². The Morgan fingerprint density at radius 3 is 2.36 bits per heavy atom. The molecule has 45 heavy (non-hydrogen) atoms. The van der Waals surface area contributed by atoms with Gasteiger partial charge in [0.25, 0.3) is 5.91 Å². The second-order valence-corrected chi connectivity index (χ2v) is 13.7. The zero-order valence-electron chi connectivity index (χ0n) is 26.4. The lowest BCUT2D eigenvalue weighted by molar-refractivity contribution is -0.119. The van der Waals surface area contributed by atoms with Gasteiger partial charge in [0.05, 0.1) is 5.69 Å². The van der Waals surface area contributed by atoms with E-state index in [2.05, 4.69) is 30.9 Å². The first-order valence-corrected chi connectivity index (χ1v) is 15.7. The Morgan fingerprint density at radius 2 is 1.78 bits per heavy atom. The molecule has 0 aromatic carbocycles. The number of nitrogens with zero attached hydrogens (tertiary/aromatic N) is 5. The summed E-state index contributed by atoms with van der Waals surface area (Å²) in [5, 5.41) is 17.1. The molecule has 3 N–H and O–H groups in total. The summed E-state index contributed by atoms with van der Waals surface area (Å²) in [7, 11) is 0. The number of carbonyl (C=O) groups is 3. The number of ether oxygens (including phenoxy) is 1. The van der Waals surface area contributed by atoms with Crippen molar-refractivity contribution in [2.45, 2.75) is 78.5 Å². The SMILES string of the molecule is Cc1n[nH]c(C)c1-c1ccc(NC(=O)[C@@H](NC(=O)c2ccnn2CC2CN(C(=O)OC(C)(C)C)C2)C(C2CC2)C2CC2)nc1F. The fourth-order valence-electron chi connectivity index (χ4n) is 6.36. The van der Waals surface area contributed by atoms with Gasteiger partial charge in [-0.3, -0.25) is 19.4 Å². The zero-order valence-corrected chi connectivity index (χ0v) is 26.4. The van der Waals surface area contributed by atoms with Crippen molar-refractivity contribution in [1.29, 1.82) is 0 Å². The van der Waals surface area contributed by atoms with Gasteiger partial charge in [0.15, 0.2) is 0 Å². The summed E-state index contributed by atoms with van der Waals surface area (Å²) in [6.07, 6.45) is 5.26. The number of aryl methyl sites for hydroxylation is 2.